The molecule has 0 aliphatic carbocycles. The minimum Gasteiger partial charge on any atom is -1.00 e. The summed E-state index contributed by atoms with van der Waals surface area (Å²) in [6.07, 6.45) is 11.8. The van der Waals surface area contributed by atoms with Crippen LogP contribution in [-0.4, -0.2) is 40.9 Å². The van der Waals surface area contributed by atoms with Crippen molar-refractivity contribution in [3.63, 3.8) is 0 Å². The van der Waals surface area contributed by atoms with Gasteiger partial charge in [0.05, 0.1) is 6.42 Å². The molecule has 5 heteroatoms. The summed E-state index contributed by atoms with van der Waals surface area (Å²) in [6.45, 7) is 2.65. The summed E-state index contributed by atoms with van der Waals surface area (Å²) < 4.78 is 0. The standard InChI is InChI=1S/C16H33NO3.Na.H/c1-3-4-5-6-7-8-9-10-11-12-15(18)17(2)14-13-16(19)20;;/h15,18H,3-14H2,1-2H3,(H,19,20);;/q;+1;-1. The summed E-state index contributed by atoms with van der Waals surface area (Å²) in [6, 6.07) is 0. The molecule has 4 nitrogen and oxygen atoms in total. The molecule has 0 amide bonds. The van der Waals surface area contributed by atoms with Crippen molar-refractivity contribution in [3.8, 4) is 0 Å². The molecule has 0 aromatic heterocycles. The van der Waals surface area contributed by atoms with Gasteiger partial charge in [-0.25, -0.2) is 0 Å². The Labute approximate surface area is 154 Å². The number of unbranched alkanes of at least 4 members (excludes halogenated alkanes) is 8. The minimum absolute atomic E-state index is 0. The second-order valence-corrected chi connectivity index (χ2v) is 5.72. The van der Waals surface area contributed by atoms with Crippen molar-refractivity contribution in [2.24, 2.45) is 0 Å². The van der Waals surface area contributed by atoms with Crippen molar-refractivity contribution in [1.82, 2.24) is 4.90 Å². The molecule has 0 rings (SSSR count). The third-order valence-electron chi connectivity index (χ3n) is 3.75. The Morgan fingerprint density at radius 3 is 2.00 bits per heavy atom. The van der Waals surface area contributed by atoms with Gasteiger partial charge in [0, 0.05) is 6.54 Å². The zero-order chi connectivity index (χ0) is 15.2. The molecule has 122 valence electrons. The summed E-state index contributed by atoms with van der Waals surface area (Å²) in [5, 5.41) is 18.4. The van der Waals surface area contributed by atoms with Gasteiger partial charge in [-0.05, 0) is 19.9 Å². The van der Waals surface area contributed by atoms with Gasteiger partial charge in [0.2, 0.25) is 0 Å². The van der Waals surface area contributed by atoms with Crippen LogP contribution < -0.4 is 29.6 Å². The van der Waals surface area contributed by atoms with E-state index in [-0.39, 0.29) is 37.4 Å². The molecule has 1 atom stereocenters. The van der Waals surface area contributed by atoms with E-state index in [4.69, 9.17) is 5.11 Å². The predicted octanol–water partition coefficient (Wildman–Crippen LogP) is 0.749. The zero-order valence-corrected chi connectivity index (χ0v) is 16.3. The van der Waals surface area contributed by atoms with Gasteiger partial charge in [-0.2, -0.15) is 0 Å². The van der Waals surface area contributed by atoms with Crippen LogP contribution in [0.1, 0.15) is 79.0 Å². The molecule has 1 unspecified atom stereocenters. The number of nitrogens with zero attached hydrogens (tertiary/aromatic N) is 1. The van der Waals surface area contributed by atoms with E-state index in [0.717, 1.165) is 19.3 Å². The Morgan fingerprint density at radius 2 is 1.52 bits per heavy atom. The molecule has 0 heterocycles. The number of carbonyl (C=O) groups is 1. The van der Waals surface area contributed by atoms with E-state index < -0.39 is 12.2 Å². The predicted molar refractivity (Wildman–Crippen MR) is 83.8 cm³/mol. The van der Waals surface area contributed by atoms with Crippen molar-refractivity contribution < 1.29 is 46.0 Å². The van der Waals surface area contributed by atoms with Crippen LogP contribution in [0.3, 0.4) is 0 Å². The summed E-state index contributed by atoms with van der Waals surface area (Å²) in [5.74, 6) is -0.813. The maximum atomic E-state index is 10.4. The molecular weight excluding hydrogens is 277 g/mol. The summed E-state index contributed by atoms with van der Waals surface area (Å²) in [5.41, 5.74) is 0. The molecule has 2 N–H and O–H groups in total. The van der Waals surface area contributed by atoms with E-state index in [1.54, 1.807) is 11.9 Å². The van der Waals surface area contributed by atoms with E-state index >= 15 is 0 Å². The van der Waals surface area contributed by atoms with Crippen LogP contribution in [0.25, 0.3) is 0 Å². The Morgan fingerprint density at radius 1 is 1.05 bits per heavy atom. The summed E-state index contributed by atoms with van der Waals surface area (Å²) >= 11 is 0. The van der Waals surface area contributed by atoms with Crippen molar-refractivity contribution in [3.05, 3.63) is 0 Å². The molecule has 0 fully saturated rings. The first-order chi connectivity index (χ1) is 9.57. The van der Waals surface area contributed by atoms with E-state index in [1.807, 2.05) is 0 Å². The Bertz CT molecular complexity index is 245. The molecule has 0 spiro atoms. The smallest absolute Gasteiger partial charge is 1.00 e. The molecular formula is C16H34NNaO3. The molecule has 0 radical (unpaired) electrons. The van der Waals surface area contributed by atoms with Crippen LogP contribution in [0.4, 0.5) is 0 Å². The third kappa shape index (κ3) is 16.6. The van der Waals surface area contributed by atoms with Crippen LogP contribution in [0.5, 0.6) is 0 Å². The minimum atomic E-state index is -0.813. The number of carboxylic acids is 1. The van der Waals surface area contributed by atoms with E-state index in [1.165, 1.54) is 44.9 Å². The Hall–Kier alpha value is 0.390. The number of carboxylic acid groups (broad SMARTS) is 1. The van der Waals surface area contributed by atoms with Gasteiger partial charge < -0.3 is 11.6 Å². The summed E-state index contributed by atoms with van der Waals surface area (Å²) in [4.78, 5) is 12.2. The van der Waals surface area contributed by atoms with Gasteiger partial charge in [-0.15, -0.1) is 0 Å². The fourth-order valence-corrected chi connectivity index (χ4v) is 2.28. The molecule has 0 bridgehead atoms. The second kappa shape index (κ2) is 16.8. The largest absolute Gasteiger partial charge is 1.00 e. The Balaban J connectivity index is -0.00000180. The van der Waals surface area contributed by atoms with Gasteiger partial charge in [0.15, 0.2) is 0 Å². The van der Waals surface area contributed by atoms with E-state index in [2.05, 4.69) is 6.92 Å². The van der Waals surface area contributed by atoms with E-state index in [9.17, 15) is 9.90 Å². The number of hydrogen-bond donors (Lipinski definition) is 2. The average molecular weight is 311 g/mol. The number of rotatable bonds is 14. The number of hydrogen-bond acceptors (Lipinski definition) is 3. The van der Waals surface area contributed by atoms with Crippen molar-refractivity contribution in [2.45, 2.75) is 83.8 Å². The van der Waals surface area contributed by atoms with Gasteiger partial charge in [0.1, 0.15) is 6.23 Å². The maximum Gasteiger partial charge on any atom is 1.00 e. The van der Waals surface area contributed by atoms with Crippen LogP contribution in [0.2, 0.25) is 0 Å². The molecule has 0 aromatic carbocycles. The van der Waals surface area contributed by atoms with Crippen molar-refractivity contribution >= 4 is 5.97 Å². The molecule has 0 aliphatic heterocycles. The molecule has 0 aromatic rings. The molecule has 0 aliphatic rings. The zero-order valence-electron chi connectivity index (χ0n) is 15.3. The van der Waals surface area contributed by atoms with Gasteiger partial charge in [0.25, 0.3) is 0 Å². The first-order valence-corrected chi connectivity index (χ1v) is 8.18. The van der Waals surface area contributed by atoms with Gasteiger partial charge in [-0.3, -0.25) is 9.69 Å². The van der Waals surface area contributed by atoms with Crippen molar-refractivity contribution in [1.29, 1.82) is 0 Å². The maximum absolute atomic E-state index is 10.4. The molecule has 0 saturated heterocycles. The van der Waals surface area contributed by atoms with Crippen molar-refractivity contribution in [2.75, 3.05) is 13.6 Å². The number of aliphatic hydroxyl groups is 1. The normalized spacial score (nSPS) is 12.2. The fourth-order valence-electron chi connectivity index (χ4n) is 2.28. The average Bonchev–Trinajstić information content (AvgIpc) is 2.42. The van der Waals surface area contributed by atoms with Crippen LogP contribution >= 0.6 is 0 Å². The monoisotopic (exact) mass is 311 g/mol. The van der Waals surface area contributed by atoms with Gasteiger partial charge >= 0.3 is 35.5 Å². The topological polar surface area (TPSA) is 60.8 Å². The van der Waals surface area contributed by atoms with E-state index in [0.29, 0.717) is 6.54 Å². The third-order valence-corrected chi connectivity index (χ3v) is 3.75. The van der Waals surface area contributed by atoms with Crippen LogP contribution in [0.15, 0.2) is 0 Å². The SMILES string of the molecule is CCCCCCCCCCCC(O)N(C)CCC(=O)O.[H-].[Na+]. The van der Waals surface area contributed by atoms with Gasteiger partial charge in [-0.1, -0.05) is 58.3 Å². The fraction of sp³-hybridized carbons (Fsp3) is 0.938. The first kappa shape index (κ1) is 23.7. The quantitative estimate of drug-likeness (QED) is 0.282. The second-order valence-electron chi connectivity index (χ2n) is 5.72. The molecule has 21 heavy (non-hydrogen) atoms. The van der Waals surface area contributed by atoms with Crippen LogP contribution in [0, 0.1) is 0 Å². The molecule has 0 saturated carbocycles. The number of aliphatic hydroxyl groups excluding tert-OH is 1. The Kier molecular flexibility index (Phi) is 18.9. The van der Waals surface area contributed by atoms with Crippen LogP contribution in [-0.2, 0) is 4.79 Å². The summed E-state index contributed by atoms with van der Waals surface area (Å²) in [7, 11) is 1.78. The number of aliphatic carboxylic acids is 1. The first-order valence-electron chi connectivity index (χ1n) is 8.18.